The first-order valence-electron chi connectivity index (χ1n) is 5.00. The summed E-state index contributed by atoms with van der Waals surface area (Å²) in [4.78, 5) is 4.07. The van der Waals surface area contributed by atoms with Crippen LogP contribution in [0, 0.1) is 5.92 Å². The molecule has 15 heavy (non-hydrogen) atoms. The SMILES string of the molecule is Clc1cc(C2=CCC3CNC23)cnc1Cl. The normalized spacial score (nSPS) is 28.3. The molecule has 2 nitrogen and oxygen atoms in total. The number of aromatic nitrogens is 1. The summed E-state index contributed by atoms with van der Waals surface area (Å²) in [5, 5.41) is 4.32. The third-order valence-electron chi connectivity index (χ3n) is 3.18. The average Bonchev–Trinajstić information content (AvgIpc) is 2.46. The topological polar surface area (TPSA) is 24.9 Å². The molecule has 0 bridgehead atoms. The van der Waals surface area contributed by atoms with Gasteiger partial charge in [-0.05, 0) is 29.5 Å². The monoisotopic (exact) mass is 240 g/mol. The zero-order valence-corrected chi connectivity index (χ0v) is 9.52. The Morgan fingerprint density at radius 2 is 2.27 bits per heavy atom. The summed E-state index contributed by atoms with van der Waals surface area (Å²) in [6.07, 6.45) is 5.23. The number of halogens is 2. The van der Waals surface area contributed by atoms with E-state index in [9.17, 15) is 0 Å². The zero-order chi connectivity index (χ0) is 10.4. The Labute approximate surface area is 98.3 Å². The first-order chi connectivity index (χ1) is 7.25. The van der Waals surface area contributed by atoms with Gasteiger partial charge in [-0.3, -0.25) is 0 Å². The van der Waals surface area contributed by atoms with Crippen molar-refractivity contribution in [3.63, 3.8) is 0 Å². The molecule has 0 radical (unpaired) electrons. The van der Waals surface area contributed by atoms with Crippen LogP contribution in [0.5, 0.6) is 0 Å². The van der Waals surface area contributed by atoms with Crippen molar-refractivity contribution in [3.05, 3.63) is 34.1 Å². The Bertz CT molecular complexity index is 442. The van der Waals surface area contributed by atoms with Crippen LogP contribution >= 0.6 is 23.2 Å². The van der Waals surface area contributed by atoms with E-state index in [4.69, 9.17) is 23.2 Å². The minimum absolute atomic E-state index is 0.372. The predicted octanol–water partition coefficient (Wildman–Crippen LogP) is 2.76. The van der Waals surface area contributed by atoms with Gasteiger partial charge in [0, 0.05) is 18.8 Å². The van der Waals surface area contributed by atoms with E-state index in [-0.39, 0.29) is 0 Å². The molecule has 0 aromatic carbocycles. The number of nitrogens with zero attached hydrogens (tertiary/aromatic N) is 1. The number of fused-ring (bicyclic) bond motifs is 1. The van der Waals surface area contributed by atoms with E-state index in [0.717, 1.165) is 24.4 Å². The largest absolute Gasteiger partial charge is 0.309 e. The Balaban J connectivity index is 1.96. The number of allylic oxidation sites excluding steroid dienone is 1. The van der Waals surface area contributed by atoms with Crippen LogP contribution in [0.1, 0.15) is 12.0 Å². The standard InChI is InChI=1S/C11H10Cl2N2/c12-9-3-7(5-15-11(9)13)8-2-1-6-4-14-10(6)8/h2-3,5-6,10,14H,1,4H2. The van der Waals surface area contributed by atoms with Crippen LogP contribution < -0.4 is 5.32 Å². The lowest BCUT2D eigenvalue weighted by Crippen LogP contribution is -2.50. The molecule has 1 N–H and O–H groups in total. The second-order valence-electron chi connectivity index (χ2n) is 4.04. The molecule has 3 rings (SSSR count). The smallest absolute Gasteiger partial charge is 0.147 e. The summed E-state index contributed by atoms with van der Waals surface area (Å²) in [7, 11) is 0. The molecule has 4 heteroatoms. The van der Waals surface area contributed by atoms with Crippen LogP contribution in [0.2, 0.25) is 10.2 Å². The summed E-state index contributed by atoms with van der Waals surface area (Å²) in [5.74, 6) is 0.773. The first-order valence-corrected chi connectivity index (χ1v) is 5.76. The van der Waals surface area contributed by atoms with Gasteiger partial charge in [-0.1, -0.05) is 29.3 Å². The lowest BCUT2D eigenvalue weighted by Gasteiger charge is -2.34. The molecule has 1 aliphatic heterocycles. The van der Waals surface area contributed by atoms with Crippen LogP contribution in [0.3, 0.4) is 0 Å². The third-order valence-corrected chi connectivity index (χ3v) is 3.86. The Morgan fingerprint density at radius 3 is 2.87 bits per heavy atom. The summed E-state index contributed by atoms with van der Waals surface area (Å²) in [6.45, 7) is 1.12. The van der Waals surface area contributed by atoms with Crippen molar-refractivity contribution in [2.75, 3.05) is 6.54 Å². The summed E-state index contributed by atoms with van der Waals surface area (Å²) in [6, 6.07) is 2.40. The van der Waals surface area contributed by atoms with E-state index >= 15 is 0 Å². The molecule has 1 fully saturated rings. The van der Waals surface area contributed by atoms with E-state index in [1.807, 2.05) is 6.07 Å². The molecule has 0 saturated carbocycles. The fraction of sp³-hybridized carbons (Fsp3) is 0.364. The quantitative estimate of drug-likeness (QED) is 0.764. The van der Waals surface area contributed by atoms with Gasteiger partial charge in [-0.15, -0.1) is 0 Å². The molecule has 1 aromatic rings. The molecule has 2 heterocycles. The van der Waals surface area contributed by atoms with E-state index < -0.39 is 0 Å². The lowest BCUT2D eigenvalue weighted by atomic mass is 9.89. The number of hydrogen-bond acceptors (Lipinski definition) is 2. The number of hydrogen-bond donors (Lipinski definition) is 1. The minimum Gasteiger partial charge on any atom is -0.309 e. The van der Waals surface area contributed by atoms with Gasteiger partial charge in [-0.25, -0.2) is 4.98 Å². The number of nitrogens with one attached hydrogen (secondary N) is 1. The van der Waals surface area contributed by atoms with Gasteiger partial charge in [-0.2, -0.15) is 0 Å². The van der Waals surface area contributed by atoms with Crippen molar-refractivity contribution in [3.8, 4) is 0 Å². The van der Waals surface area contributed by atoms with Crippen molar-refractivity contribution < 1.29 is 0 Å². The lowest BCUT2D eigenvalue weighted by molar-refractivity contribution is 0.307. The highest BCUT2D eigenvalue weighted by Gasteiger charge is 2.37. The van der Waals surface area contributed by atoms with Gasteiger partial charge in [0.05, 0.1) is 5.02 Å². The highest BCUT2D eigenvalue weighted by atomic mass is 35.5. The Morgan fingerprint density at radius 1 is 1.40 bits per heavy atom. The zero-order valence-electron chi connectivity index (χ0n) is 8.00. The van der Waals surface area contributed by atoms with Crippen molar-refractivity contribution in [1.82, 2.24) is 10.3 Å². The van der Waals surface area contributed by atoms with Gasteiger partial charge >= 0.3 is 0 Å². The molecule has 1 aliphatic carbocycles. The molecule has 0 amide bonds. The predicted molar refractivity (Wildman–Crippen MR) is 62.1 cm³/mol. The Hall–Kier alpha value is -0.570. The molecule has 2 atom stereocenters. The third kappa shape index (κ3) is 1.48. The van der Waals surface area contributed by atoms with Crippen LogP contribution in [0.25, 0.3) is 5.57 Å². The first kappa shape index (κ1) is 9.64. The fourth-order valence-electron chi connectivity index (χ4n) is 2.27. The van der Waals surface area contributed by atoms with Crippen LogP contribution in [-0.2, 0) is 0 Å². The second kappa shape index (κ2) is 3.48. The number of pyridine rings is 1. The van der Waals surface area contributed by atoms with Gasteiger partial charge in [0.25, 0.3) is 0 Å². The second-order valence-corrected chi connectivity index (χ2v) is 4.80. The minimum atomic E-state index is 0.372. The van der Waals surface area contributed by atoms with Crippen LogP contribution in [-0.4, -0.2) is 17.6 Å². The van der Waals surface area contributed by atoms with Gasteiger partial charge < -0.3 is 5.32 Å². The van der Waals surface area contributed by atoms with Crippen LogP contribution in [0.15, 0.2) is 18.3 Å². The number of rotatable bonds is 1. The highest BCUT2D eigenvalue weighted by Crippen LogP contribution is 2.38. The van der Waals surface area contributed by atoms with E-state index in [2.05, 4.69) is 16.4 Å². The van der Waals surface area contributed by atoms with Crippen LogP contribution in [0.4, 0.5) is 0 Å². The summed E-state index contributed by atoms with van der Waals surface area (Å²) >= 11 is 11.7. The maximum Gasteiger partial charge on any atom is 0.147 e. The average molecular weight is 241 g/mol. The van der Waals surface area contributed by atoms with Gasteiger partial charge in [0.2, 0.25) is 0 Å². The van der Waals surface area contributed by atoms with Crippen molar-refractivity contribution in [2.45, 2.75) is 12.5 Å². The molecule has 0 spiro atoms. The molecular formula is C11H10Cl2N2. The van der Waals surface area contributed by atoms with E-state index in [1.54, 1.807) is 6.20 Å². The molecule has 2 aliphatic rings. The summed E-state index contributed by atoms with van der Waals surface area (Å²) < 4.78 is 0. The van der Waals surface area contributed by atoms with Gasteiger partial charge in [0.15, 0.2) is 0 Å². The maximum atomic E-state index is 5.95. The van der Waals surface area contributed by atoms with Crippen molar-refractivity contribution >= 4 is 28.8 Å². The van der Waals surface area contributed by atoms with E-state index in [1.165, 1.54) is 5.57 Å². The molecule has 78 valence electrons. The molecule has 2 unspecified atom stereocenters. The van der Waals surface area contributed by atoms with Gasteiger partial charge in [0.1, 0.15) is 5.15 Å². The van der Waals surface area contributed by atoms with E-state index in [0.29, 0.717) is 16.2 Å². The van der Waals surface area contributed by atoms with Crippen molar-refractivity contribution in [1.29, 1.82) is 0 Å². The Kier molecular flexibility index (Phi) is 2.23. The fourth-order valence-corrected chi connectivity index (χ4v) is 2.54. The molecule has 1 aromatic heterocycles. The van der Waals surface area contributed by atoms with Crippen molar-refractivity contribution in [2.24, 2.45) is 5.92 Å². The highest BCUT2D eigenvalue weighted by molar-refractivity contribution is 6.41. The maximum absolute atomic E-state index is 5.95. The summed E-state index contributed by atoms with van der Waals surface area (Å²) in [5.41, 5.74) is 2.40. The molecule has 1 saturated heterocycles. The molecular weight excluding hydrogens is 231 g/mol.